The molecule has 0 spiro atoms. The van der Waals surface area contributed by atoms with Gasteiger partial charge in [0, 0.05) is 23.3 Å². The highest BCUT2D eigenvalue weighted by molar-refractivity contribution is 6.23. The van der Waals surface area contributed by atoms with Gasteiger partial charge in [-0.05, 0) is 65.3 Å². The average Bonchev–Trinajstić information content (AvgIpc) is 3.28. The zero-order chi connectivity index (χ0) is 34.1. The first kappa shape index (κ1) is 32.3. The maximum Gasteiger partial charge on any atom is 0.573 e. The standard InChI is InChI=1S/C33H18F6N6O2/c1-17-25-5-4-24(47-33(37,38)39)10-27(25)28(14-43)31(17)30-16-44-29(15-45-30)20-7-19(22(12-41)13-42)6-18-2-3-23(46-32(34,35)36)9-26(18)21(8-20)11-40/h2-5,8-10,15-16,19-20,22H,1,6-7H2. The molecule has 2 atom stereocenters. The molecule has 47 heavy (non-hydrogen) atoms. The van der Waals surface area contributed by atoms with E-state index in [1.165, 1.54) is 30.6 Å². The second-order valence-corrected chi connectivity index (χ2v) is 10.5. The van der Waals surface area contributed by atoms with Gasteiger partial charge < -0.3 is 9.47 Å². The molecule has 2 aliphatic carbocycles. The quantitative estimate of drug-likeness (QED) is 0.258. The van der Waals surface area contributed by atoms with Gasteiger partial charge in [0.2, 0.25) is 0 Å². The zero-order valence-corrected chi connectivity index (χ0v) is 23.8. The molecule has 1 heterocycles. The minimum atomic E-state index is -4.98. The Morgan fingerprint density at radius 2 is 1.45 bits per heavy atom. The fourth-order valence-corrected chi connectivity index (χ4v) is 5.70. The number of nitriles is 4. The molecule has 0 bridgehead atoms. The Kier molecular flexibility index (Phi) is 8.48. The molecule has 3 aromatic rings. The van der Waals surface area contributed by atoms with E-state index >= 15 is 0 Å². The zero-order valence-electron chi connectivity index (χ0n) is 23.8. The monoisotopic (exact) mass is 644 g/mol. The molecule has 0 amide bonds. The lowest BCUT2D eigenvalue weighted by Crippen LogP contribution is -2.21. The van der Waals surface area contributed by atoms with E-state index in [0.29, 0.717) is 16.7 Å². The molecule has 14 heteroatoms. The summed E-state index contributed by atoms with van der Waals surface area (Å²) in [6.07, 6.45) is -5.55. The molecular formula is C33H18F6N6O2. The number of allylic oxidation sites excluding steroid dienone is 5. The first-order valence-electron chi connectivity index (χ1n) is 13.6. The van der Waals surface area contributed by atoms with Gasteiger partial charge in [0.25, 0.3) is 0 Å². The van der Waals surface area contributed by atoms with Crippen LogP contribution in [0.4, 0.5) is 26.3 Å². The predicted molar refractivity (Wildman–Crippen MR) is 153 cm³/mol. The number of halogens is 6. The van der Waals surface area contributed by atoms with E-state index in [-0.39, 0.29) is 52.1 Å². The normalized spacial score (nSPS) is 17.6. The molecule has 2 unspecified atom stereocenters. The van der Waals surface area contributed by atoms with Gasteiger partial charge in [-0.1, -0.05) is 24.8 Å². The number of alkyl halides is 6. The van der Waals surface area contributed by atoms with Crippen molar-refractivity contribution in [2.24, 2.45) is 11.8 Å². The summed E-state index contributed by atoms with van der Waals surface area (Å²) < 4.78 is 85.3. The lowest BCUT2D eigenvalue weighted by molar-refractivity contribution is -0.275. The van der Waals surface area contributed by atoms with E-state index < -0.39 is 42.0 Å². The van der Waals surface area contributed by atoms with Gasteiger partial charge in [-0.3, -0.25) is 9.97 Å². The van der Waals surface area contributed by atoms with Gasteiger partial charge >= 0.3 is 12.7 Å². The third-order valence-electron chi connectivity index (χ3n) is 7.67. The Morgan fingerprint density at radius 3 is 2.00 bits per heavy atom. The van der Waals surface area contributed by atoms with Crippen molar-refractivity contribution in [1.29, 1.82) is 21.0 Å². The van der Waals surface area contributed by atoms with Gasteiger partial charge in [-0.15, -0.1) is 26.3 Å². The Morgan fingerprint density at radius 1 is 0.809 bits per heavy atom. The number of ether oxygens (including phenoxy) is 2. The van der Waals surface area contributed by atoms with E-state index in [1.807, 2.05) is 24.3 Å². The van der Waals surface area contributed by atoms with Crippen LogP contribution in [0, 0.1) is 57.2 Å². The van der Waals surface area contributed by atoms with Crippen LogP contribution < -0.4 is 9.47 Å². The summed E-state index contributed by atoms with van der Waals surface area (Å²) in [6, 6.07) is 14.9. The molecule has 0 fully saturated rings. The molecule has 0 saturated carbocycles. The lowest BCUT2D eigenvalue weighted by atomic mass is 9.76. The van der Waals surface area contributed by atoms with Crippen molar-refractivity contribution in [1.82, 2.24) is 9.97 Å². The van der Waals surface area contributed by atoms with Crippen molar-refractivity contribution in [3.8, 4) is 35.8 Å². The summed E-state index contributed by atoms with van der Waals surface area (Å²) in [6.45, 7) is 3.98. The summed E-state index contributed by atoms with van der Waals surface area (Å²) >= 11 is 0. The van der Waals surface area contributed by atoms with E-state index in [1.54, 1.807) is 0 Å². The van der Waals surface area contributed by atoms with Gasteiger partial charge in [-0.25, -0.2) is 0 Å². The molecule has 1 aromatic heterocycles. The molecule has 5 rings (SSSR count). The van der Waals surface area contributed by atoms with Crippen LogP contribution in [-0.2, 0) is 6.42 Å². The van der Waals surface area contributed by atoms with Crippen LogP contribution >= 0.6 is 0 Å². The highest BCUT2D eigenvalue weighted by atomic mass is 19.4. The van der Waals surface area contributed by atoms with Crippen LogP contribution in [0.5, 0.6) is 11.5 Å². The number of fused-ring (bicyclic) bond motifs is 2. The fourth-order valence-electron chi connectivity index (χ4n) is 5.70. The molecule has 234 valence electrons. The topological polar surface area (TPSA) is 139 Å². The van der Waals surface area contributed by atoms with E-state index in [2.05, 4.69) is 26.0 Å². The molecular weight excluding hydrogens is 626 g/mol. The van der Waals surface area contributed by atoms with Gasteiger partial charge in [-0.2, -0.15) is 21.0 Å². The molecule has 8 nitrogen and oxygen atoms in total. The third kappa shape index (κ3) is 6.78. The van der Waals surface area contributed by atoms with Gasteiger partial charge in [0.05, 0.1) is 46.9 Å². The van der Waals surface area contributed by atoms with Gasteiger partial charge in [0.15, 0.2) is 0 Å². The van der Waals surface area contributed by atoms with Crippen molar-refractivity contribution in [3.05, 3.63) is 95.1 Å². The number of nitrogens with zero attached hydrogens (tertiary/aromatic N) is 6. The molecule has 0 radical (unpaired) electrons. The number of benzene rings is 2. The fraction of sp³-hybridized carbons (Fsp3) is 0.212. The van der Waals surface area contributed by atoms with Crippen molar-refractivity contribution in [2.75, 3.05) is 0 Å². The first-order chi connectivity index (χ1) is 22.2. The summed E-state index contributed by atoms with van der Waals surface area (Å²) in [5.41, 5.74) is 2.16. The van der Waals surface area contributed by atoms with Crippen molar-refractivity contribution < 1.29 is 35.8 Å². The van der Waals surface area contributed by atoms with Gasteiger partial charge in [0.1, 0.15) is 23.5 Å². The average molecular weight is 645 g/mol. The Hall–Kier alpha value is -6.12. The van der Waals surface area contributed by atoms with Crippen LogP contribution in [0.25, 0.3) is 22.3 Å². The van der Waals surface area contributed by atoms with Crippen molar-refractivity contribution in [3.63, 3.8) is 0 Å². The summed E-state index contributed by atoms with van der Waals surface area (Å²) in [5.74, 6) is -3.52. The number of aromatic nitrogens is 2. The summed E-state index contributed by atoms with van der Waals surface area (Å²) in [5, 5.41) is 39.3. The second-order valence-electron chi connectivity index (χ2n) is 10.5. The van der Waals surface area contributed by atoms with Crippen LogP contribution in [0.2, 0.25) is 0 Å². The predicted octanol–water partition coefficient (Wildman–Crippen LogP) is 7.65. The Labute approximate surface area is 263 Å². The second kappa shape index (κ2) is 12.3. The van der Waals surface area contributed by atoms with Crippen molar-refractivity contribution >= 4 is 22.3 Å². The largest absolute Gasteiger partial charge is 0.573 e. The highest BCUT2D eigenvalue weighted by Crippen LogP contribution is 2.46. The summed E-state index contributed by atoms with van der Waals surface area (Å²) in [7, 11) is 0. The molecule has 2 aromatic carbocycles. The minimum Gasteiger partial charge on any atom is -0.406 e. The van der Waals surface area contributed by atoms with Crippen LogP contribution in [0.1, 0.15) is 46.0 Å². The van der Waals surface area contributed by atoms with Crippen molar-refractivity contribution in [2.45, 2.75) is 31.5 Å². The smallest absolute Gasteiger partial charge is 0.406 e. The van der Waals surface area contributed by atoms with E-state index in [0.717, 1.165) is 24.3 Å². The number of hydrogen-bond acceptors (Lipinski definition) is 8. The minimum absolute atomic E-state index is 0.00303. The Balaban J connectivity index is 1.55. The number of rotatable bonds is 5. The van der Waals surface area contributed by atoms with E-state index in [4.69, 9.17) is 0 Å². The summed E-state index contributed by atoms with van der Waals surface area (Å²) in [4.78, 5) is 8.91. The number of hydrogen-bond donors (Lipinski definition) is 0. The first-order valence-corrected chi connectivity index (χ1v) is 13.6. The maximum atomic E-state index is 12.9. The SMILES string of the molecule is C=C1C(c2cnc(C3C=C(C#N)c4cc(OC(F)(F)F)ccc4CC(C(C#N)C#N)C3)cn2)=C(C#N)c2cc(OC(F)(F)F)ccc21. The van der Waals surface area contributed by atoms with Crippen LogP contribution in [-0.4, -0.2) is 22.7 Å². The van der Waals surface area contributed by atoms with Crippen LogP contribution in [0.3, 0.4) is 0 Å². The molecule has 2 aliphatic rings. The third-order valence-corrected chi connectivity index (χ3v) is 7.67. The molecule has 0 N–H and O–H groups in total. The molecule has 0 saturated heterocycles. The Bertz CT molecular complexity index is 1990. The molecule has 0 aliphatic heterocycles. The maximum absolute atomic E-state index is 12.9. The lowest BCUT2D eigenvalue weighted by Gasteiger charge is -2.26. The van der Waals surface area contributed by atoms with E-state index in [9.17, 15) is 47.4 Å². The highest BCUT2D eigenvalue weighted by Gasteiger charge is 2.35. The van der Waals surface area contributed by atoms with Crippen LogP contribution in [0.15, 0.2) is 61.4 Å².